The maximum absolute atomic E-state index is 15.3. The number of rotatable bonds is 4. The van der Waals surface area contributed by atoms with Gasteiger partial charge in [-0.3, -0.25) is 14.5 Å². The fourth-order valence-corrected chi connectivity index (χ4v) is 4.52. The molecule has 1 amide bonds. The number of carbonyl (C=O) groups is 1. The molecule has 4 heterocycles. The second-order valence-electron chi connectivity index (χ2n) is 8.59. The van der Waals surface area contributed by atoms with Crippen LogP contribution in [0.4, 0.5) is 14.5 Å². The number of halogens is 2. The van der Waals surface area contributed by atoms with Crippen LogP contribution < -0.4 is 20.5 Å². The molecule has 10 nitrogen and oxygen atoms in total. The van der Waals surface area contributed by atoms with Crippen molar-refractivity contribution in [2.24, 2.45) is 0 Å². The summed E-state index contributed by atoms with van der Waals surface area (Å²) in [5.74, 6) is -4.36. The first-order valence-electron chi connectivity index (χ1n) is 11.0. The zero-order valence-corrected chi connectivity index (χ0v) is 18.8. The number of H-pyrrole nitrogens is 1. The number of anilines is 1. The van der Waals surface area contributed by atoms with Crippen molar-refractivity contribution in [3.63, 3.8) is 0 Å². The van der Waals surface area contributed by atoms with Gasteiger partial charge < -0.3 is 30.2 Å². The molecule has 0 radical (unpaired) electrons. The fourth-order valence-electron chi connectivity index (χ4n) is 4.52. The predicted molar refractivity (Wildman–Crippen MR) is 121 cm³/mol. The second kappa shape index (κ2) is 8.56. The topological polar surface area (TPSA) is 131 Å². The molecule has 0 atom stereocenters. The molecule has 35 heavy (non-hydrogen) atoms. The number of hydrogen-bond donors (Lipinski definition) is 4. The molecule has 2 aliphatic rings. The second-order valence-corrected chi connectivity index (χ2v) is 8.59. The third-order valence-electron chi connectivity index (χ3n) is 6.32. The van der Waals surface area contributed by atoms with Crippen LogP contribution >= 0.6 is 0 Å². The average Bonchev–Trinajstić information content (AvgIpc) is 3.17. The van der Waals surface area contributed by atoms with E-state index in [-0.39, 0.29) is 34.5 Å². The maximum atomic E-state index is 15.3. The molecule has 3 aromatic rings. The van der Waals surface area contributed by atoms with Gasteiger partial charge in [0.2, 0.25) is 5.95 Å². The Balaban J connectivity index is 1.31. The number of pyridine rings is 2. The largest absolute Gasteiger partial charge is 0.438 e. The van der Waals surface area contributed by atoms with Crippen molar-refractivity contribution in [2.45, 2.75) is 18.9 Å². The summed E-state index contributed by atoms with van der Waals surface area (Å²) in [6.45, 7) is 2.25. The van der Waals surface area contributed by atoms with Gasteiger partial charge in [-0.05, 0) is 18.2 Å². The highest BCUT2D eigenvalue weighted by molar-refractivity contribution is 5.92. The van der Waals surface area contributed by atoms with E-state index in [4.69, 9.17) is 4.74 Å². The molecule has 0 saturated carbocycles. The van der Waals surface area contributed by atoms with Gasteiger partial charge in [-0.2, -0.15) is 4.39 Å². The highest BCUT2D eigenvalue weighted by Gasteiger charge is 2.39. The number of aliphatic hydroxyl groups is 2. The van der Waals surface area contributed by atoms with E-state index < -0.39 is 35.6 Å². The van der Waals surface area contributed by atoms with Crippen molar-refractivity contribution in [1.29, 1.82) is 0 Å². The number of carbonyl (C=O) groups excluding carboxylic acids is 1. The van der Waals surface area contributed by atoms with E-state index in [9.17, 15) is 24.2 Å². The maximum Gasteiger partial charge on any atom is 0.326 e. The Morgan fingerprint density at radius 2 is 1.94 bits per heavy atom. The fraction of sp³-hybridized carbons (Fsp3) is 0.348. The van der Waals surface area contributed by atoms with Crippen LogP contribution in [0, 0.1) is 11.8 Å². The van der Waals surface area contributed by atoms with Crippen LogP contribution in [0.3, 0.4) is 0 Å². The molecule has 2 aliphatic heterocycles. The van der Waals surface area contributed by atoms with Crippen molar-refractivity contribution >= 4 is 22.5 Å². The van der Waals surface area contributed by atoms with Gasteiger partial charge in [0.15, 0.2) is 5.82 Å². The van der Waals surface area contributed by atoms with E-state index in [1.165, 1.54) is 19.2 Å². The van der Waals surface area contributed by atoms with E-state index in [1.54, 1.807) is 12.1 Å². The van der Waals surface area contributed by atoms with Crippen LogP contribution in [0.15, 0.2) is 29.1 Å². The summed E-state index contributed by atoms with van der Waals surface area (Å²) in [6.07, 6.45) is -0.411. The number of aromatic nitrogens is 2. The lowest BCUT2D eigenvalue weighted by molar-refractivity contribution is -0.278. The summed E-state index contributed by atoms with van der Waals surface area (Å²) in [5.41, 5.74) is -0.00837. The van der Waals surface area contributed by atoms with Crippen LogP contribution in [0.25, 0.3) is 10.9 Å². The molecule has 0 spiro atoms. The summed E-state index contributed by atoms with van der Waals surface area (Å²) in [7, 11) is 1.44. The lowest BCUT2D eigenvalue weighted by Crippen LogP contribution is -2.46. The lowest BCUT2D eigenvalue weighted by atomic mass is 10.1. The minimum Gasteiger partial charge on any atom is -0.438 e. The van der Waals surface area contributed by atoms with Crippen LogP contribution in [-0.2, 0) is 13.0 Å². The molecule has 4 N–H and O–H groups in total. The normalized spacial score (nSPS) is 17.3. The van der Waals surface area contributed by atoms with Crippen LogP contribution in [0.5, 0.6) is 5.75 Å². The standard InChI is InChI=1S/C23H23F2N5O5/c1-26-22(32)15-4-5-16(20(25)27-15)30-8-6-29(7-9-30)11-12-2-3-13-18(17(12)24)28-21(31)14-10-23(33,34)35-19(13)14/h2-5,33-34H,6-11H2,1H3,(H,26,32)(H,28,31). The van der Waals surface area contributed by atoms with E-state index in [2.05, 4.69) is 15.3 Å². The number of hydrogen-bond acceptors (Lipinski definition) is 8. The predicted octanol–water partition coefficient (Wildman–Crippen LogP) is 0.456. The average molecular weight is 487 g/mol. The molecule has 0 unspecified atom stereocenters. The number of nitrogens with one attached hydrogen (secondary N) is 2. The van der Waals surface area contributed by atoms with E-state index in [0.29, 0.717) is 37.4 Å². The monoisotopic (exact) mass is 487 g/mol. The van der Waals surface area contributed by atoms with Gasteiger partial charge in [0, 0.05) is 50.7 Å². The van der Waals surface area contributed by atoms with Crippen LogP contribution in [0.2, 0.25) is 0 Å². The van der Waals surface area contributed by atoms with E-state index >= 15 is 4.39 Å². The number of aromatic amines is 1. The van der Waals surface area contributed by atoms with E-state index in [0.717, 1.165) is 0 Å². The van der Waals surface area contributed by atoms with Crippen molar-refractivity contribution in [3.8, 4) is 5.75 Å². The molecule has 12 heteroatoms. The van der Waals surface area contributed by atoms with Crippen LogP contribution in [0.1, 0.15) is 21.6 Å². The Morgan fingerprint density at radius 1 is 1.20 bits per heavy atom. The van der Waals surface area contributed by atoms with Crippen molar-refractivity contribution < 1.29 is 28.5 Å². The van der Waals surface area contributed by atoms with Crippen molar-refractivity contribution in [3.05, 3.63) is 63.2 Å². The molecule has 0 aliphatic carbocycles. The van der Waals surface area contributed by atoms with Gasteiger partial charge in [0.05, 0.1) is 23.2 Å². The summed E-state index contributed by atoms with van der Waals surface area (Å²) in [5, 5.41) is 22.1. The van der Waals surface area contributed by atoms with Gasteiger partial charge in [-0.25, -0.2) is 9.37 Å². The van der Waals surface area contributed by atoms with Crippen molar-refractivity contribution in [1.82, 2.24) is 20.2 Å². The number of ether oxygens (including phenoxy) is 1. The molecular formula is C23H23F2N5O5. The molecule has 2 aromatic heterocycles. The third-order valence-corrected chi connectivity index (χ3v) is 6.32. The Labute approximate surface area is 197 Å². The zero-order valence-electron chi connectivity index (χ0n) is 18.8. The number of benzene rings is 1. The summed E-state index contributed by atoms with van der Waals surface area (Å²) in [6, 6.07) is 6.14. The van der Waals surface area contributed by atoms with Gasteiger partial charge in [-0.15, -0.1) is 0 Å². The quantitative estimate of drug-likeness (QED) is 0.308. The number of fused-ring (bicyclic) bond motifs is 3. The molecule has 0 bridgehead atoms. The molecule has 1 aromatic carbocycles. The zero-order chi connectivity index (χ0) is 24.9. The Bertz CT molecular complexity index is 1380. The first-order chi connectivity index (χ1) is 16.7. The van der Waals surface area contributed by atoms with Crippen molar-refractivity contribution in [2.75, 3.05) is 38.1 Å². The lowest BCUT2D eigenvalue weighted by Gasteiger charge is -2.36. The number of amides is 1. The molecule has 1 fully saturated rings. The number of piperazine rings is 1. The Morgan fingerprint density at radius 3 is 2.63 bits per heavy atom. The summed E-state index contributed by atoms with van der Waals surface area (Å²) < 4.78 is 34.9. The summed E-state index contributed by atoms with van der Waals surface area (Å²) in [4.78, 5) is 34.0. The Hall–Kier alpha value is -3.61. The molecule has 1 saturated heterocycles. The third kappa shape index (κ3) is 4.20. The highest BCUT2D eigenvalue weighted by atomic mass is 19.1. The van der Waals surface area contributed by atoms with E-state index in [1.807, 2.05) is 9.80 Å². The molecule has 5 rings (SSSR count). The number of nitrogens with zero attached hydrogens (tertiary/aromatic N) is 3. The first kappa shape index (κ1) is 23.1. The smallest absolute Gasteiger partial charge is 0.326 e. The van der Waals surface area contributed by atoms with Gasteiger partial charge in [-0.1, -0.05) is 6.07 Å². The van der Waals surface area contributed by atoms with Gasteiger partial charge >= 0.3 is 5.97 Å². The van der Waals surface area contributed by atoms with Gasteiger partial charge in [0.1, 0.15) is 11.4 Å². The minimum absolute atomic E-state index is 0.00285. The molecular weight excluding hydrogens is 464 g/mol. The minimum atomic E-state index is -2.50. The summed E-state index contributed by atoms with van der Waals surface area (Å²) >= 11 is 0. The van der Waals surface area contributed by atoms with Crippen LogP contribution in [-0.4, -0.2) is 70.2 Å². The molecule has 184 valence electrons. The SMILES string of the molecule is CNC(=O)c1ccc(N2CCN(Cc3ccc4c5c(c(=O)[nH]c4c3F)CC(O)(O)O5)CC2)c(F)n1. The highest BCUT2D eigenvalue weighted by Crippen LogP contribution is 2.37. The Kier molecular flexibility index (Phi) is 5.66. The first-order valence-corrected chi connectivity index (χ1v) is 11.0. The van der Waals surface area contributed by atoms with Gasteiger partial charge in [0.25, 0.3) is 11.5 Å².